The monoisotopic (exact) mass is 260 g/mol. The SMILES string of the molecule is CCC(CN)NC(=O)c1cc(Cl)cc(Cl)c1. The van der Waals surface area contributed by atoms with Gasteiger partial charge in [-0.3, -0.25) is 4.79 Å². The number of halogens is 2. The molecule has 0 spiro atoms. The molecule has 0 radical (unpaired) electrons. The van der Waals surface area contributed by atoms with Crippen molar-refractivity contribution >= 4 is 29.1 Å². The highest BCUT2D eigenvalue weighted by atomic mass is 35.5. The number of carbonyl (C=O) groups is 1. The van der Waals surface area contributed by atoms with Crippen LogP contribution in [0.25, 0.3) is 0 Å². The molecule has 0 aliphatic carbocycles. The third-order valence-electron chi connectivity index (χ3n) is 2.24. The molecule has 0 aromatic heterocycles. The van der Waals surface area contributed by atoms with Crippen molar-refractivity contribution in [3.8, 4) is 0 Å². The quantitative estimate of drug-likeness (QED) is 0.874. The van der Waals surface area contributed by atoms with E-state index in [1.165, 1.54) is 0 Å². The van der Waals surface area contributed by atoms with Crippen LogP contribution in [0.3, 0.4) is 0 Å². The van der Waals surface area contributed by atoms with E-state index in [1.54, 1.807) is 18.2 Å². The first-order valence-electron chi connectivity index (χ1n) is 5.03. The Morgan fingerprint density at radius 3 is 2.38 bits per heavy atom. The van der Waals surface area contributed by atoms with E-state index in [9.17, 15) is 4.79 Å². The number of hydrogen-bond donors (Lipinski definition) is 2. The van der Waals surface area contributed by atoms with E-state index in [0.717, 1.165) is 6.42 Å². The maximum absolute atomic E-state index is 11.8. The number of benzene rings is 1. The highest BCUT2D eigenvalue weighted by Gasteiger charge is 2.11. The van der Waals surface area contributed by atoms with Crippen LogP contribution in [0.15, 0.2) is 18.2 Å². The van der Waals surface area contributed by atoms with Crippen LogP contribution in [0.4, 0.5) is 0 Å². The molecule has 0 saturated carbocycles. The van der Waals surface area contributed by atoms with Gasteiger partial charge in [0, 0.05) is 28.2 Å². The van der Waals surface area contributed by atoms with Crippen LogP contribution in [-0.4, -0.2) is 18.5 Å². The fourth-order valence-electron chi connectivity index (χ4n) is 1.28. The number of hydrogen-bond acceptors (Lipinski definition) is 2. The molecule has 1 aromatic carbocycles. The third kappa shape index (κ3) is 3.67. The normalized spacial score (nSPS) is 12.2. The average molecular weight is 261 g/mol. The lowest BCUT2D eigenvalue weighted by Gasteiger charge is -2.14. The van der Waals surface area contributed by atoms with Gasteiger partial charge in [-0.05, 0) is 24.6 Å². The lowest BCUT2D eigenvalue weighted by Crippen LogP contribution is -2.39. The van der Waals surface area contributed by atoms with Crippen molar-refractivity contribution in [2.45, 2.75) is 19.4 Å². The van der Waals surface area contributed by atoms with Crippen LogP contribution < -0.4 is 11.1 Å². The van der Waals surface area contributed by atoms with Gasteiger partial charge in [-0.1, -0.05) is 30.1 Å². The van der Waals surface area contributed by atoms with E-state index in [-0.39, 0.29) is 11.9 Å². The molecule has 0 fully saturated rings. The minimum absolute atomic E-state index is 0.0229. The van der Waals surface area contributed by atoms with E-state index >= 15 is 0 Å². The van der Waals surface area contributed by atoms with Crippen LogP contribution in [0.5, 0.6) is 0 Å². The lowest BCUT2D eigenvalue weighted by atomic mass is 10.1. The topological polar surface area (TPSA) is 55.1 Å². The van der Waals surface area contributed by atoms with Crippen molar-refractivity contribution in [3.63, 3.8) is 0 Å². The largest absolute Gasteiger partial charge is 0.348 e. The van der Waals surface area contributed by atoms with Crippen molar-refractivity contribution in [3.05, 3.63) is 33.8 Å². The molecule has 0 bridgehead atoms. The predicted octanol–water partition coefficient (Wildman–Crippen LogP) is 2.46. The van der Waals surface area contributed by atoms with Crippen molar-refractivity contribution in [2.75, 3.05) is 6.54 Å². The molecule has 1 rings (SSSR count). The van der Waals surface area contributed by atoms with Gasteiger partial charge in [0.05, 0.1) is 0 Å². The zero-order chi connectivity index (χ0) is 12.1. The van der Waals surface area contributed by atoms with Gasteiger partial charge in [-0.15, -0.1) is 0 Å². The number of nitrogens with one attached hydrogen (secondary N) is 1. The van der Waals surface area contributed by atoms with Crippen LogP contribution >= 0.6 is 23.2 Å². The number of carbonyl (C=O) groups excluding carboxylic acids is 1. The molecule has 1 unspecified atom stereocenters. The lowest BCUT2D eigenvalue weighted by molar-refractivity contribution is 0.0937. The van der Waals surface area contributed by atoms with Gasteiger partial charge in [0.25, 0.3) is 5.91 Å². The van der Waals surface area contributed by atoms with Gasteiger partial charge in [-0.25, -0.2) is 0 Å². The number of nitrogens with two attached hydrogens (primary N) is 1. The number of amides is 1. The molecule has 0 aliphatic rings. The first kappa shape index (κ1) is 13.3. The maximum atomic E-state index is 11.8. The fraction of sp³-hybridized carbons (Fsp3) is 0.364. The molecule has 1 aromatic rings. The molecule has 16 heavy (non-hydrogen) atoms. The Morgan fingerprint density at radius 2 is 1.94 bits per heavy atom. The van der Waals surface area contributed by atoms with Gasteiger partial charge in [0.2, 0.25) is 0 Å². The van der Waals surface area contributed by atoms with Crippen LogP contribution in [0, 0.1) is 0 Å². The standard InChI is InChI=1S/C11H14Cl2N2O/c1-2-10(6-14)15-11(16)7-3-8(12)5-9(13)4-7/h3-5,10H,2,6,14H2,1H3,(H,15,16). The Bertz CT molecular complexity index is 358. The highest BCUT2D eigenvalue weighted by Crippen LogP contribution is 2.19. The van der Waals surface area contributed by atoms with E-state index in [4.69, 9.17) is 28.9 Å². The van der Waals surface area contributed by atoms with Gasteiger partial charge in [-0.2, -0.15) is 0 Å². The Labute approximate surface area is 105 Å². The van der Waals surface area contributed by atoms with Crippen molar-refractivity contribution < 1.29 is 4.79 Å². The molecule has 1 amide bonds. The summed E-state index contributed by atoms with van der Waals surface area (Å²) in [7, 11) is 0. The summed E-state index contributed by atoms with van der Waals surface area (Å²) in [6, 6.07) is 4.71. The molecule has 3 nitrogen and oxygen atoms in total. The second kappa shape index (κ2) is 6.09. The molecule has 5 heteroatoms. The zero-order valence-electron chi connectivity index (χ0n) is 8.97. The minimum atomic E-state index is -0.207. The summed E-state index contributed by atoms with van der Waals surface area (Å²) in [5.41, 5.74) is 5.95. The second-order valence-corrected chi connectivity index (χ2v) is 4.35. The maximum Gasteiger partial charge on any atom is 0.251 e. The van der Waals surface area contributed by atoms with Gasteiger partial charge >= 0.3 is 0 Å². The molecular formula is C11H14Cl2N2O. The minimum Gasteiger partial charge on any atom is -0.348 e. The predicted molar refractivity (Wildman–Crippen MR) is 67.1 cm³/mol. The van der Waals surface area contributed by atoms with E-state index in [2.05, 4.69) is 5.32 Å². The van der Waals surface area contributed by atoms with E-state index in [1.807, 2.05) is 6.92 Å². The summed E-state index contributed by atoms with van der Waals surface area (Å²) < 4.78 is 0. The molecule has 0 heterocycles. The summed E-state index contributed by atoms with van der Waals surface area (Å²) in [4.78, 5) is 11.8. The van der Waals surface area contributed by atoms with Crippen LogP contribution in [0.1, 0.15) is 23.7 Å². The zero-order valence-corrected chi connectivity index (χ0v) is 10.5. The van der Waals surface area contributed by atoms with Crippen LogP contribution in [0.2, 0.25) is 10.0 Å². The summed E-state index contributed by atoms with van der Waals surface area (Å²) in [5.74, 6) is -0.207. The van der Waals surface area contributed by atoms with Crippen LogP contribution in [-0.2, 0) is 0 Å². The Morgan fingerprint density at radius 1 is 1.38 bits per heavy atom. The Hall–Kier alpha value is -0.770. The molecule has 1 atom stereocenters. The fourth-order valence-corrected chi connectivity index (χ4v) is 1.81. The van der Waals surface area contributed by atoms with Gasteiger partial charge in [0.1, 0.15) is 0 Å². The smallest absolute Gasteiger partial charge is 0.251 e. The summed E-state index contributed by atoms with van der Waals surface area (Å²) in [6.45, 7) is 2.37. The highest BCUT2D eigenvalue weighted by molar-refractivity contribution is 6.35. The number of rotatable bonds is 4. The van der Waals surface area contributed by atoms with Crippen molar-refractivity contribution in [1.29, 1.82) is 0 Å². The molecule has 0 aliphatic heterocycles. The Balaban J connectivity index is 2.80. The first-order valence-corrected chi connectivity index (χ1v) is 5.79. The molecule has 88 valence electrons. The summed E-state index contributed by atoms with van der Waals surface area (Å²) in [5, 5.41) is 3.69. The van der Waals surface area contributed by atoms with E-state index in [0.29, 0.717) is 22.2 Å². The summed E-state index contributed by atoms with van der Waals surface area (Å²) in [6.07, 6.45) is 0.788. The molecule has 0 saturated heterocycles. The van der Waals surface area contributed by atoms with E-state index < -0.39 is 0 Å². The Kier molecular flexibility index (Phi) is 5.06. The third-order valence-corrected chi connectivity index (χ3v) is 2.67. The first-order chi connectivity index (χ1) is 7.56. The molecular weight excluding hydrogens is 247 g/mol. The molecule has 3 N–H and O–H groups in total. The second-order valence-electron chi connectivity index (χ2n) is 3.47. The van der Waals surface area contributed by atoms with Crippen molar-refractivity contribution in [1.82, 2.24) is 5.32 Å². The van der Waals surface area contributed by atoms with Gasteiger partial charge in [0.15, 0.2) is 0 Å². The van der Waals surface area contributed by atoms with Gasteiger partial charge < -0.3 is 11.1 Å². The average Bonchev–Trinajstić information content (AvgIpc) is 2.24. The summed E-state index contributed by atoms with van der Waals surface area (Å²) >= 11 is 11.6. The van der Waals surface area contributed by atoms with Crippen molar-refractivity contribution in [2.24, 2.45) is 5.73 Å².